The van der Waals surface area contributed by atoms with Crippen LogP contribution in [-0.2, 0) is 5.41 Å². The van der Waals surface area contributed by atoms with Gasteiger partial charge in [-0.2, -0.15) is 0 Å². The fraction of sp³-hybridized carbons (Fsp3) is 0.200. The Labute approximate surface area is 284 Å². The van der Waals surface area contributed by atoms with Gasteiger partial charge in [-0.1, -0.05) is 123 Å². The van der Waals surface area contributed by atoms with Gasteiger partial charge in [-0.15, -0.1) is 0 Å². The molecule has 0 saturated heterocycles. The average Bonchev–Trinajstić information content (AvgIpc) is 3.35. The second-order valence-corrected chi connectivity index (χ2v) is 14.9. The topological polar surface area (TPSA) is 6.48 Å². The number of benzene rings is 6. The molecule has 1 aliphatic carbocycles. The summed E-state index contributed by atoms with van der Waals surface area (Å²) in [7, 11) is 0. The number of para-hydroxylation sites is 1. The molecule has 0 aromatic heterocycles. The first kappa shape index (κ1) is 28.0. The van der Waals surface area contributed by atoms with E-state index in [0.717, 1.165) is 0 Å². The van der Waals surface area contributed by atoms with E-state index in [9.17, 15) is 0 Å². The van der Waals surface area contributed by atoms with Gasteiger partial charge in [0.1, 0.15) is 0 Å². The molecule has 1 unspecified atom stereocenters. The Balaban J connectivity index is 1.26. The number of nitrogens with zero attached hydrogens (tertiary/aromatic N) is 2. The van der Waals surface area contributed by atoms with Crippen molar-refractivity contribution < 1.29 is 0 Å². The smallest absolute Gasteiger partial charge is 0.333 e. The van der Waals surface area contributed by atoms with E-state index in [1.54, 1.807) is 5.56 Å². The molecule has 2 atom stereocenters. The van der Waals surface area contributed by atoms with Crippen LogP contribution in [0.3, 0.4) is 0 Å². The molecule has 0 bridgehead atoms. The second kappa shape index (κ2) is 10.00. The Kier molecular flexibility index (Phi) is 5.84. The fourth-order valence-electron chi connectivity index (χ4n) is 9.93. The molecule has 0 amide bonds. The summed E-state index contributed by atoms with van der Waals surface area (Å²) in [5, 5.41) is 0. The van der Waals surface area contributed by atoms with Crippen molar-refractivity contribution in [3.05, 3.63) is 145 Å². The van der Waals surface area contributed by atoms with E-state index in [4.69, 9.17) is 0 Å². The van der Waals surface area contributed by atoms with Crippen LogP contribution in [0.15, 0.2) is 133 Å². The van der Waals surface area contributed by atoms with Gasteiger partial charge in [0, 0.05) is 33.7 Å². The minimum absolute atomic E-state index is 0.0323. The van der Waals surface area contributed by atoms with Gasteiger partial charge in [0.15, 0.2) is 0 Å². The van der Waals surface area contributed by atoms with E-state index in [1.165, 1.54) is 98.3 Å². The van der Waals surface area contributed by atoms with Crippen LogP contribution in [0.25, 0.3) is 33.4 Å². The molecule has 3 aliphatic heterocycles. The first-order valence-corrected chi connectivity index (χ1v) is 17.7. The standard InChI is InChI=1S/C45H39BN2/c1-30-27-37-36-29-34(32-15-8-5-9-16-32)21-24-40(36)48(35-22-19-33(20-23-35)31-13-6-4-7-14-31)46-39-18-12-17-38-43(39)47(41(28-30)42(37)46)45(3)26-11-10-25-44(38,45)2/h4-9,12-24,27-29H,10-11,25-26H2,1-3H3/t44?,45-/m0/s1. The number of hydrogen-bond donors (Lipinski definition) is 0. The Morgan fingerprint density at radius 1 is 0.583 bits per heavy atom. The summed E-state index contributed by atoms with van der Waals surface area (Å²) in [4.78, 5) is 5.47. The summed E-state index contributed by atoms with van der Waals surface area (Å²) in [6.45, 7) is 7.49. The summed E-state index contributed by atoms with van der Waals surface area (Å²) in [5.74, 6) is 0. The number of aryl methyl sites for hydroxylation is 1. The third kappa shape index (κ3) is 3.65. The lowest BCUT2D eigenvalue weighted by atomic mass is 9.43. The van der Waals surface area contributed by atoms with Gasteiger partial charge >= 0.3 is 6.85 Å². The highest BCUT2D eigenvalue weighted by Gasteiger charge is 2.61. The molecule has 0 N–H and O–H groups in total. The molecule has 0 radical (unpaired) electrons. The van der Waals surface area contributed by atoms with E-state index < -0.39 is 0 Å². The van der Waals surface area contributed by atoms with Crippen molar-refractivity contribution in [3.63, 3.8) is 0 Å². The molecule has 1 saturated carbocycles. The molecule has 48 heavy (non-hydrogen) atoms. The van der Waals surface area contributed by atoms with Gasteiger partial charge in [-0.3, -0.25) is 0 Å². The van der Waals surface area contributed by atoms with Gasteiger partial charge in [-0.05, 0) is 107 Å². The molecule has 4 aliphatic rings. The zero-order valence-corrected chi connectivity index (χ0v) is 28.0. The maximum absolute atomic E-state index is 2.82. The summed E-state index contributed by atoms with van der Waals surface area (Å²) in [5.41, 5.74) is 19.0. The molecule has 3 heteroatoms. The monoisotopic (exact) mass is 618 g/mol. The molecule has 3 heterocycles. The number of anilines is 4. The molecule has 6 aromatic carbocycles. The molecule has 0 spiro atoms. The van der Waals surface area contributed by atoms with Gasteiger partial charge < -0.3 is 9.71 Å². The van der Waals surface area contributed by atoms with Crippen molar-refractivity contribution in [3.8, 4) is 33.4 Å². The minimum Gasteiger partial charge on any atom is -0.376 e. The van der Waals surface area contributed by atoms with Crippen LogP contribution in [0.4, 0.5) is 22.7 Å². The van der Waals surface area contributed by atoms with Gasteiger partial charge in [0.2, 0.25) is 0 Å². The van der Waals surface area contributed by atoms with Crippen molar-refractivity contribution in [2.24, 2.45) is 0 Å². The molecular formula is C45H39BN2. The lowest BCUT2D eigenvalue weighted by molar-refractivity contribution is 0.195. The predicted molar refractivity (Wildman–Crippen MR) is 204 cm³/mol. The zero-order chi connectivity index (χ0) is 32.2. The van der Waals surface area contributed by atoms with Crippen LogP contribution in [0, 0.1) is 6.92 Å². The third-order valence-corrected chi connectivity index (χ3v) is 12.4. The molecule has 232 valence electrons. The second-order valence-electron chi connectivity index (χ2n) is 14.9. The number of hydrogen-bond acceptors (Lipinski definition) is 2. The zero-order valence-electron chi connectivity index (χ0n) is 28.0. The van der Waals surface area contributed by atoms with Crippen molar-refractivity contribution in [1.29, 1.82) is 0 Å². The maximum Gasteiger partial charge on any atom is 0.333 e. The SMILES string of the molecule is Cc1cc2c3c(c1)N1c4c(cccc4C4(C)CCCC[C@]14C)B3N(c1ccc(-c3ccccc3)cc1)c1ccc(-c3ccccc3)cc1-2. The highest BCUT2D eigenvalue weighted by Crippen LogP contribution is 2.62. The first-order valence-electron chi connectivity index (χ1n) is 17.7. The van der Waals surface area contributed by atoms with E-state index in [1.807, 2.05) is 0 Å². The Morgan fingerprint density at radius 2 is 1.25 bits per heavy atom. The van der Waals surface area contributed by atoms with E-state index in [2.05, 4.69) is 164 Å². The summed E-state index contributed by atoms with van der Waals surface area (Å²) in [6, 6.07) is 50.2. The van der Waals surface area contributed by atoms with E-state index in [-0.39, 0.29) is 17.8 Å². The lowest BCUT2D eigenvalue weighted by Crippen LogP contribution is -2.64. The number of fused-ring (bicyclic) bond motifs is 7. The summed E-state index contributed by atoms with van der Waals surface area (Å²) < 4.78 is 0. The first-order chi connectivity index (χ1) is 23.5. The lowest BCUT2D eigenvalue weighted by Gasteiger charge is -2.53. The average molecular weight is 619 g/mol. The van der Waals surface area contributed by atoms with Crippen LogP contribution in [0.2, 0.25) is 0 Å². The molecule has 1 fully saturated rings. The number of rotatable bonds is 3. The predicted octanol–water partition coefficient (Wildman–Crippen LogP) is 10.3. The minimum atomic E-state index is 0.0323. The van der Waals surface area contributed by atoms with Crippen LogP contribution >= 0.6 is 0 Å². The van der Waals surface area contributed by atoms with Crippen LogP contribution in [-0.4, -0.2) is 12.4 Å². The van der Waals surface area contributed by atoms with Gasteiger partial charge in [-0.25, -0.2) is 0 Å². The van der Waals surface area contributed by atoms with Crippen molar-refractivity contribution >= 4 is 40.5 Å². The summed E-state index contributed by atoms with van der Waals surface area (Å²) >= 11 is 0. The third-order valence-electron chi connectivity index (χ3n) is 12.4. The highest BCUT2D eigenvalue weighted by molar-refractivity contribution is 6.93. The van der Waals surface area contributed by atoms with Crippen LogP contribution in [0.5, 0.6) is 0 Å². The van der Waals surface area contributed by atoms with Gasteiger partial charge in [0.05, 0.1) is 5.54 Å². The fourth-order valence-corrected chi connectivity index (χ4v) is 9.93. The molecular weight excluding hydrogens is 579 g/mol. The molecule has 10 rings (SSSR count). The maximum atomic E-state index is 2.82. The van der Waals surface area contributed by atoms with Crippen LogP contribution < -0.4 is 20.6 Å². The Morgan fingerprint density at radius 3 is 2.00 bits per heavy atom. The van der Waals surface area contributed by atoms with Crippen molar-refractivity contribution in [2.45, 2.75) is 57.4 Å². The van der Waals surface area contributed by atoms with E-state index >= 15 is 0 Å². The van der Waals surface area contributed by atoms with E-state index in [0.29, 0.717) is 0 Å². The normalized spacial score (nSPS) is 21.4. The largest absolute Gasteiger partial charge is 0.376 e. The Hall–Kier alpha value is -5.02. The van der Waals surface area contributed by atoms with Crippen LogP contribution in [0.1, 0.15) is 50.7 Å². The van der Waals surface area contributed by atoms with Crippen molar-refractivity contribution in [1.82, 2.24) is 0 Å². The Bertz CT molecular complexity index is 2240. The molecule has 6 aromatic rings. The molecule has 2 nitrogen and oxygen atoms in total. The van der Waals surface area contributed by atoms with Gasteiger partial charge in [0.25, 0.3) is 0 Å². The quantitative estimate of drug-likeness (QED) is 0.182. The summed E-state index contributed by atoms with van der Waals surface area (Å²) in [6.07, 6.45) is 5.03. The van der Waals surface area contributed by atoms with Crippen molar-refractivity contribution in [2.75, 3.05) is 9.71 Å². The highest BCUT2D eigenvalue weighted by atomic mass is 15.3.